The van der Waals surface area contributed by atoms with Crippen LogP contribution in [0.3, 0.4) is 0 Å². The summed E-state index contributed by atoms with van der Waals surface area (Å²) in [6, 6.07) is 7.27. The fourth-order valence-electron chi connectivity index (χ4n) is 2.51. The zero-order valence-corrected chi connectivity index (χ0v) is 16.6. The molecule has 0 spiro atoms. The third-order valence-electron chi connectivity index (χ3n) is 3.65. The van der Waals surface area contributed by atoms with Gasteiger partial charge in [-0.1, -0.05) is 26.0 Å². The molecule has 0 bridgehead atoms. The van der Waals surface area contributed by atoms with Crippen LogP contribution < -0.4 is 5.32 Å². The largest absolute Gasteiger partial charge is 0.462 e. The molecule has 6 heteroatoms. The van der Waals surface area contributed by atoms with Crippen LogP contribution in [0.25, 0.3) is 11.6 Å². The molecule has 0 saturated heterocycles. The lowest BCUT2D eigenvalue weighted by molar-refractivity contribution is -0.136. The van der Waals surface area contributed by atoms with E-state index in [4.69, 9.17) is 4.74 Å². The Morgan fingerprint density at radius 2 is 1.92 bits per heavy atom. The van der Waals surface area contributed by atoms with Gasteiger partial charge in [-0.2, -0.15) is 0 Å². The van der Waals surface area contributed by atoms with Crippen LogP contribution in [-0.4, -0.2) is 23.5 Å². The lowest BCUT2D eigenvalue weighted by Gasteiger charge is -2.06. The van der Waals surface area contributed by atoms with E-state index in [0.717, 1.165) is 16.1 Å². The Labute approximate surface area is 158 Å². The van der Waals surface area contributed by atoms with Crippen molar-refractivity contribution in [2.75, 3.05) is 11.9 Å². The van der Waals surface area contributed by atoms with Crippen molar-refractivity contribution in [3.05, 3.63) is 45.4 Å². The molecule has 1 amide bonds. The number of thiazole rings is 1. The molecule has 26 heavy (non-hydrogen) atoms. The highest BCUT2D eigenvalue weighted by Crippen LogP contribution is 2.30. The number of carbonyl (C=O) groups is 2. The Bertz CT molecular complexity index is 820. The van der Waals surface area contributed by atoms with E-state index in [1.165, 1.54) is 18.3 Å². The number of nitrogens with one attached hydrogen (secondary N) is 1. The van der Waals surface area contributed by atoms with Crippen molar-refractivity contribution in [2.45, 2.75) is 40.5 Å². The minimum Gasteiger partial charge on any atom is -0.462 e. The molecule has 2 rings (SSSR count). The smallest absolute Gasteiger partial charge is 0.341 e. The normalized spacial score (nSPS) is 11.5. The number of aromatic nitrogens is 1. The van der Waals surface area contributed by atoms with Crippen LogP contribution >= 0.6 is 11.3 Å². The summed E-state index contributed by atoms with van der Waals surface area (Å²) < 4.78 is 5.22. The van der Waals surface area contributed by atoms with Crippen LogP contribution in [-0.2, 0) is 14.3 Å². The fraction of sp³-hybridized carbons (Fsp3) is 0.350. The number of nitrogens with zero attached hydrogens (tertiary/aromatic N) is 1. The molecule has 0 atom stereocenters. The number of carbonyl (C=O) groups excluding carboxylic acids is 2. The topological polar surface area (TPSA) is 68.3 Å². The molecule has 0 aliphatic heterocycles. The predicted octanol–water partition coefficient (Wildman–Crippen LogP) is 4.64. The minimum atomic E-state index is -0.387. The summed E-state index contributed by atoms with van der Waals surface area (Å²) in [5.74, 6) is -0.220. The maximum Gasteiger partial charge on any atom is 0.341 e. The highest BCUT2D eigenvalue weighted by molar-refractivity contribution is 7.13. The summed E-state index contributed by atoms with van der Waals surface area (Å²) in [6.07, 6.45) is 1.78. The molecule has 138 valence electrons. The maximum absolute atomic E-state index is 12.5. The van der Waals surface area contributed by atoms with Crippen molar-refractivity contribution in [1.29, 1.82) is 0 Å². The molecule has 0 unspecified atom stereocenters. The first-order chi connectivity index (χ1) is 12.3. The number of amides is 1. The van der Waals surface area contributed by atoms with Crippen LogP contribution in [0.1, 0.15) is 54.8 Å². The lowest BCUT2D eigenvalue weighted by Crippen LogP contribution is -2.07. The number of aryl methyl sites for hydroxylation is 1. The van der Waals surface area contributed by atoms with Gasteiger partial charge in [0.05, 0.1) is 17.9 Å². The van der Waals surface area contributed by atoms with Crippen LogP contribution in [0.2, 0.25) is 0 Å². The van der Waals surface area contributed by atoms with Gasteiger partial charge in [0.15, 0.2) is 0 Å². The van der Waals surface area contributed by atoms with Gasteiger partial charge in [-0.25, -0.2) is 9.78 Å². The Balaban J connectivity index is 2.41. The first-order valence-corrected chi connectivity index (χ1v) is 9.37. The molecule has 0 aliphatic rings. The summed E-state index contributed by atoms with van der Waals surface area (Å²) in [6.45, 7) is 9.73. The molecule has 1 N–H and O–H groups in total. The quantitative estimate of drug-likeness (QED) is 0.592. The van der Waals surface area contributed by atoms with Crippen molar-refractivity contribution in [1.82, 2.24) is 4.98 Å². The van der Waals surface area contributed by atoms with Crippen molar-refractivity contribution in [3.63, 3.8) is 0 Å². The third kappa shape index (κ3) is 5.02. The molecule has 1 aromatic heterocycles. The highest BCUT2D eigenvalue weighted by Gasteiger charge is 2.20. The average Bonchev–Trinajstić information content (AvgIpc) is 2.95. The first kappa shape index (κ1) is 19.8. The van der Waals surface area contributed by atoms with Crippen molar-refractivity contribution in [2.24, 2.45) is 0 Å². The number of esters is 1. The number of rotatable bonds is 6. The van der Waals surface area contributed by atoms with E-state index < -0.39 is 0 Å². The maximum atomic E-state index is 12.5. The second-order valence-electron chi connectivity index (χ2n) is 6.20. The number of hydrogen-bond acceptors (Lipinski definition) is 5. The van der Waals surface area contributed by atoms with E-state index in [0.29, 0.717) is 28.8 Å². The Kier molecular flexibility index (Phi) is 6.69. The predicted molar refractivity (Wildman–Crippen MR) is 106 cm³/mol. The van der Waals surface area contributed by atoms with Gasteiger partial charge in [-0.15, -0.1) is 11.3 Å². The Morgan fingerprint density at radius 3 is 2.42 bits per heavy atom. The molecule has 0 fully saturated rings. The standard InChI is InChI=1S/C20H24N2O3S/c1-6-25-20(24)17(19-22-18(12(2)3)13(4)26-19)11-15-7-9-16(10-8-15)21-14(5)23/h7-12H,6H2,1-5H3,(H,21,23)/b17-11+. The summed E-state index contributed by atoms with van der Waals surface area (Å²) in [4.78, 5) is 29.4. The van der Waals surface area contributed by atoms with E-state index in [2.05, 4.69) is 24.1 Å². The van der Waals surface area contributed by atoms with Gasteiger partial charge in [-0.05, 0) is 43.5 Å². The first-order valence-electron chi connectivity index (χ1n) is 8.56. The monoisotopic (exact) mass is 372 g/mol. The van der Waals surface area contributed by atoms with Crippen molar-refractivity contribution in [3.8, 4) is 0 Å². The van der Waals surface area contributed by atoms with Gasteiger partial charge in [-0.3, -0.25) is 4.79 Å². The van der Waals surface area contributed by atoms with Crippen LogP contribution in [0, 0.1) is 6.92 Å². The molecule has 5 nitrogen and oxygen atoms in total. The zero-order valence-electron chi connectivity index (χ0n) is 15.8. The average molecular weight is 372 g/mol. The number of hydrogen-bond donors (Lipinski definition) is 1. The highest BCUT2D eigenvalue weighted by atomic mass is 32.1. The van der Waals surface area contributed by atoms with E-state index in [-0.39, 0.29) is 11.9 Å². The number of anilines is 1. The molecule has 1 aromatic carbocycles. The van der Waals surface area contributed by atoms with Gasteiger partial charge in [0.1, 0.15) is 5.01 Å². The van der Waals surface area contributed by atoms with Gasteiger partial charge in [0, 0.05) is 17.5 Å². The van der Waals surface area contributed by atoms with E-state index in [9.17, 15) is 9.59 Å². The molecule has 0 aliphatic carbocycles. The van der Waals surface area contributed by atoms with Crippen LogP contribution in [0.5, 0.6) is 0 Å². The Hall–Kier alpha value is -2.47. The molecular weight excluding hydrogens is 348 g/mol. The molecular formula is C20H24N2O3S. The summed E-state index contributed by atoms with van der Waals surface area (Å²) >= 11 is 1.50. The second-order valence-corrected chi connectivity index (χ2v) is 7.40. The fourth-order valence-corrected chi connectivity index (χ4v) is 3.58. The van der Waals surface area contributed by atoms with Gasteiger partial charge < -0.3 is 10.1 Å². The van der Waals surface area contributed by atoms with Crippen molar-refractivity contribution < 1.29 is 14.3 Å². The number of benzene rings is 1. The van der Waals surface area contributed by atoms with Gasteiger partial charge in [0.25, 0.3) is 0 Å². The zero-order chi connectivity index (χ0) is 19.3. The number of ether oxygens (including phenoxy) is 1. The molecule has 2 aromatic rings. The van der Waals surface area contributed by atoms with Crippen LogP contribution in [0.15, 0.2) is 24.3 Å². The summed E-state index contributed by atoms with van der Waals surface area (Å²) in [5.41, 5.74) is 2.99. The third-order valence-corrected chi connectivity index (χ3v) is 4.67. The second kappa shape index (κ2) is 8.76. The SMILES string of the molecule is CCOC(=O)/C(=C/c1ccc(NC(C)=O)cc1)c1nc(C(C)C)c(C)s1. The molecule has 0 saturated carbocycles. The lowest BCUT2D eigenvalue weighted by atomic mass is 10.1. The van der Waals surface area contributed by atoms with E-state index >= 15 is 0 Å². The van der Waals surface area contributed by atoms with Gasteiger partial charge in [0.2, 0.25) is 5.91 Å². The van der Waals surface area contributed by atoms with E-state index in [1.54, 1.807) is 25.1 Å². The summed E-state index contributed by atoms with van der Waals surface area (Å²) in [7, 11) is 0. The van der Waals surface area contributed by atoms with E-state index in [1.807, 2.05) is 19.1 Å². The van der Waals surface area contributed by atoms with Gasteiger partial charge >= 0.3 is 5.97 Å². The molecule has 0 radical (unpaired) electrons. The van der Waals surface area contributed by atoms with Crippen molar-refractivity contribution >= 4 is 40.5 Å². The van der Waals surface area contributed by atoms with Crippen LogP contribution in [0.4, 0.5) is 5.69 Å². The molecule has 1 heterocycles. The summed E-state index contributed by atoms with van der Waals surface area (Å²) in [5, 5.41) is 3.38. The minimum absolute atomic E-state index is 0.125. The Morgan fingerprint density at radius 1 is 1.27 bits per heavy atom.